The summed E-state index contributed by atoms with van der Waals surface area (Å²) in [6.07, 6.45) is 3.89. The van der Waals surface area contributed by atoms with E-state index in [2.05, 4.69) is 17.2 Å². The summed E-state index contributed by atoms with van der Waals surface area (Å²) in [6.45, 7) is 5.28. The molecule has 0 unspecified atom stereocenters. The number of aromatic nitrogens is 1. The zero-order valence-electron chi connectivity index (χ0n) is 21.5. The Labute approximate surface area is 248 Å². The van der Waals surface area contributed by atoms with E-state index < -0.39 is 0 Å². The van der Waals surface area contributed by atoms with Crippen molar-refractivity contribution >= 4 is 63.2 Å². The van der Waals surface area contributed by atoms with Gasteiger partial charge in [0, 0.05) is 50.8 Å². The largest absolute Gasteiger partial charge is 0.397 e. The normalized spacial score (nSPS) is 11.4. The summed E-state index contributed by atoms with van der Waals surface area (Å²) in [5.74, 6) is 0. The van der Waals surface area contributed by atoms with Crippen molar-refractivity contribution in [3.8, 4) is 6.07 Å². The zero-order valence-corrected chi connectivity index (χ0v) is 23.8. The Balaban J connectivity index is 1.57. The van der Waals surface area contributed by atoms with Crippen LogP contribution in [0.3, 0.4) is 0 Å². The van der Waals surface area contributed by atoms with Gasteiger partial charge < -0.3 is 15.2 Å². The van der Waals surface area contributed by atoms with Crippen LogP contribution in [0, 0.1) is 11.3 Å². The van der Waals surface area contributed by atoms with Gasteiger partial charge in [0.15, 0.2) is 0 Å². The summed E-state index contributed by atoms with van der Waals surface area (Å²) in [4.78, 5) is 1.93. The molecule has 5 rings (SSSR count). The molecule has 0 spiro atoms. The van der Waals surface area contributed by atoms with E-state index >= 15 is 0 Å². The molecule has 0 saturated heterocycles. The Morgan fingerprint density at radius 1 is 0.900 bits per heavy atom. The van der Waals surface area contributed by atoms with Gasteiger partial charge in [0.2, 0.25) is 0 Å². The molecular weight excluding hydrogens is 559 g/mol. The van der Waals surface area contributed by atoms with E-state index in [1.54, 1.807) is 6.07 Å². The second-order valence-electron chi connectivity index (χ2n) is 9.32. The SMILES string of the molecule is C=C(/C(C#N)=C/c1cn(Cc2ccc(Cl)cc2Cl)c2ccccc12)N(Cc1ccccc1Cl)c1ccccc1N. The number of hydrogen-bond donors (Lipinski definition) is 1. The fraction of sp³-hybridized carbons (Fsp3) is 0.0606. The Morgan fingerprint density at radius 3 is 2.38 bits per heavy atom. The van der Waals surface area contributed by atoms with E-state index in [0.29, 0.717) is 45.1 Å². The number of fused-ring (bicyclic) bond motifs is 1. The summed E-state index contributed by atoms with van der Waals surface area (Å²) in [7, 11) is 0. The van der Waals surface area contributed by atoms with Crippen molar-refractivity contribution in [1.29, 1.82) is 5.26 Å². The van der Waals surface area contributed by atoms with Gasteiger partial charge in [-0.25, -0.2) is 0 Å². The fourth-order valence-corrected chi connectivity index (χ4v) is 5.36. The van der Waals surface area contributed by atoms with Crippen molar-refractivity contribution < 1.29 is 0 Å². The van der Waals surface area contributed by atoms with E-state index in [4.69, 9.17) is 40.5 Å². The number of rotatable bonds is 8. The van der Waals surface area contributed by atoms with Crippen molar-refractivity contribution in [2.24, 2.45) is 0 Å². The van der Waals surface area contributed by atoms with Crippen LogP contribution in [0.4, 0.5) is 11.4 Å². The number of nitrogens with two attached hydrogens (primary N) is 1. The minimum Gasteiger partial charge on any atom is -0.397 e. The highest BCUT2D eigenvalue weighted by molar-refractivity contribution is 6.35. The molecule has 2 N–H and O–H groups in total. The average molecular weight is 584 g/mol. The van der Waals surface area contributed by atoms with Crippen molar-refractivity contribution in [3.05, 3.63) is 147 Å². The quantitative estimate of drug-likeness (QED) is 0.112. The molecule has 0 aliphatic carbocycles. The molecule has 0 amide bonds. The molecule has 0 aliphatic heterocycles. The van der Waals surface area contributed by atoms with Gasteiger partial charge in [-0.3, -0.25) is 0 Å². The fourth-order valence-electron chi connectivity index (χ4n) is 4.69. The summed E-state index contributed by atoms with van der Waals surface area (Å²) < 4.78 is 2.12. The van der Waals surface area contributed by atoms with Crippen LogP contribution in [0.1, 0.15) is 16.7 Å². The molecule has 4 aromatic carbocycles. The lowest BCUT2D eigenvalue weighted by Gasteiger charge is -2.28. The number of benzene rings is 4. The van der Waals surface area contributed by atoms with E-state index in [0.717, 1.165) is 33.3 Å². The molecule has 1 aromatic heterocycles. The highest BCUT2D eigenvalue weighted by atomic mass is 35.5. The van der Waals surface area contributed by atoms with Gasteiger partial charge in [-0.1, -0.05) is 96.0 Å². The van der Waals surface area contributed by atoms with E-state index in [1.165, 1.54) is 0 Å². The minimum atomic E-state index is 0.391. The van der Waals surface area contributed by atoms with Gasteiger partial charge in [-0.15, -0.1) is 0 Å². The summed E-state index contributed by atoms with van der Waals surface area (Å²) in [6, 6.07) is 31.0. The lowest BCUT2D eigenvalue weighted by atomic mass is 10.1. The number of nitrogen functional groups attached to an aromatic ring is 1. The van der Waals surface area contributed by atoms with Gasteiger partial charge in [0.1, 0.15) is 6.07 Å². The summed E-state index contributed by atoms with van der Waals surface area (Å²) >= 11 is 19.1. The third kappa shape index (κ3) is 5.73. The van der Waals surface area contributed by atoms with Crippen LogP contribution in [-0.2, 0) is 13.1 Å². The molecule has 4 nitrogen and oxygen atoms in total. The third-order valence-electron chi connectivity index (χ3n) is 6.75. The van der Waals surface area contributed by atoms with Gasteiger partial charge in [0.25, 0.3) is 0 Å². The molecule has 0 saturated carbocycles. The first-order valence-corrected chi connectivity index (χ1v) is 13.7. The first kappa shape index (κ1) is 27.4. The molecule has 0 atom stereocenters. The number of halogens is 3. The third-order valence-corrected chi connectivity index (χ3v) is 7.70. The highest BCUT2D eigenvalue weighted by Crippen LogP contribution is 2.33. The second kappa shape index (κ2) is 11.9. The van der Waals surface area contributed by atoms with Crippen molar-refractivity contribution in [1.82, 2.24) is 4.57 Å². The Morgan fingerprint density at radius 2 is 1.62 bits per heavy atom. The molecule has 0 aliphatic rings. The predicted octanol–water partition coefficient (Wildman–Crippen LogP) is 9.36. The van der Waals surface area contributed by atoms with Crippen LogP contribution in [0.25, 0.3) is 17.0 Å². The van der Waals surface area contributed by atoms with Gasteiger partial charge in [-0.05, 0) is 53.6 Å². The zero-order chi connectivity index (χ0) is 28.2. The van der Waals surface area contributed by atoms with E-state index in [9.17, 15) is 5.26 Å². The average Bonchev–Trinajstić information content (AvgIpc) is 3.30. The Kier molecular flexibility index (Phi) is 8.19. The maximum atomic E-state index is 10.3. The lowest BCUT2D eigenvalue weighted by molar-refractivity contribution is 0.836. The lowest BCUT2D eigenvalue weighted by Crippen LogP contribution is -2.23. The smallest absolute Gasteiger partial charge is 0.101 e. The highest BCUT2D eigenvalue weighted by Gasteiger charge is 2.19. The standard InChI is InChI=1S/C33H25Cl3N4/c1-22(40(33-13-7-5-11-31(33)38)21-23-8-2-4-10-29(23)35)25(18-37)16-26-20-39(32-12-6-3-9-28(26)32)19-24-14-15-27(34)17-30(24)36/h2-17,20H,1,19,21,38H2/b25-16+. The molecular formula is C33H25Cl3N4. The monoisotopic (exact) mass is 582 g/mol. The molecule has 0 radical (unpaired) electrons. The first-order valence-electron chi connectivity index (χ1n) is 12.5. The molecule has 5 aromatic rings. The second-order valence-corrected chi connectivity index (χ2v) is 10.6. The first-order chi connectivity index (χ1) is 19.4. The Hall–Kier alpha value is -4.14. The number of hydrogen-bond acceptors (Lipinski definition) is 3. The van der Waals surface area contributed by atoms with Crippen molar-refractivity contribution in [2.45, 2.75) is 13.1 Å². The molecule has 198 valence electrons. The van der Waals surface area contributed by atoms with Crippen molar-refractivity contribution in [3.63, 3.8) is 0 Å². The van der Waals surface area contributed by atoms with E-state index in [-0.39, 0.29) is 0 Å². The maximum Gasteiger partial charge on any atom is 0.101 e. The number of nitriles is 1. The molecule has 0 fully saturated rings. The number of para-hydroxylation sites is 3. The van der Waals surface area contributed by atoms with Crippen LogP contribution in [0.2, 0.25) is 15.1 Å². The topological polar surface area (TPSA) is 58.0 Å². The van der Waals surface area contributed by atoms with Crippen LogP contribution in [-0.4, -0.2) is 4.57 Å². The van der Waals surface area contributed by atoms with Gasteiger partial charge >= 0.3 is 0 Å². The maximum absolute atomic E-state index is 10.3. The van der Waals surface area contributed by atoms with Gasteiger partial charge in [0.05, 0.1) is 22.6 Å². The summed E-state index contributed by atoms with van der Waals surface area (Å²) in [5.41, 5.74) is 12.3. The molecule has 7 heteroatoms. The number of anilines is 2. The van der Waals surface area contributed by atoms with E-state index in [1.807, 2.05) is 102 Å². The predicted molar refractivity (Wildman–Crippen MR) is 169 cm³/mol. The van der Waals surface area contributed by atoms with Crippen LogP contribution in [0.15, 0.2) is 115 Å². The minimum absolute atomic E-state index is 0.391. The van der Waals surface area contributed by atoms with Crippen molar-refractivity contribution in [2.75, 3.05) is 10.6 Å². The van der Waals surface area contributed by atoms with Crippen LogP contribution in [0.5, 0.6) is 0 Å². The molecule has 0 bridgehead atoms. The number of nitrogens with zero attached hydrogens (tertiary/aromatic N) is 3. The van der Waals surface area contributed by atoms with Gasteiger partial charge in [-0.2, -0.15) is 5.26 Å². The Bertz CT molecular complexity index is 1800. The summed E-state index contributed by atoms with van der Waals surface area (Å²) in [5, 5.41) is 13.1. The molecule has 40 heavy (non-hydrogen) atoms. The van der Waals surface area contributed by atoms with Crippen LogP contribution >= 0.6 is 34.8 Å². The molecule has 1 heterocycles. The van der Waals surface area contributed by atoms with Crippen LogP contribution < -0.4 is 10.6 Å². The number of allylic oxidation sites excluding steroid dienone is 1.